The van der Waals surface area contributed by atoms with Gasteiger partial charge >= 0.3 is 0 Å². The molecule has 2 fully saturated rings. The smallest absolute Gasteiger partial charge is 0.226 e. The van der Waals surface area contributed by atoms with E-state index in [1.807, 2.05) is 0 Å². The van der Waals surface area contributed by atoms with E-state index >= 15 is 0 Å². The van der Waals surface area contributed by atoms with Crippen LogP contribution in [0.25, 0.3) is 11.1 Å². The summed E-state index contributed by atoms with van der Waals surface area (Å²) in [6.45, 7) is 10.8. The fourth-order valence-corrected chi connectivity index (χ4v) is 5.63. The lowest BCUT2D eigenvalue weighted by Gasteiger charge is -2.37. The number of nitrogens with zero attached hydrogens (tertiary/aromatic N) is 1. The van der Waals surface area contributed by atoms with E-state index in [1.54, 1.807) is 0 Å². The lowest BCUT2D eigenvalue weighted by Crippen LogP contribution is -2.49. The molecule has 2 aliphatic rings. The van der Waals surface area contributed by atoms with E-state index in [1.165, 1.54) is 47.1 Å². The maximum Gasteiger partial charge on any atom is 0.226 e. The van der Waals surface area contributed by atoms with Crippen LogP contribution in [0.4, 0.5) is 0 Å². The second-order valence-corrected chi connectivity index (χ2v) is 10.3. The van der Waals surface area contributed by atoms with Crippen LogP contribution in [0.15, 0.2) is 42.5 Å². The molecule has 1 amide bonds. The Bertz CT molecular complexity index is 928. The van der Waals surface area contributed by atoms with Crippen molar-refractivity contribution < 1.29 is 9.53 Å². The second kappa shape index (κ2) is 10.8. The summed E-state index contributed by atoms with van der Waals surface area (Å²) in [5, 5.41) is 3.31. The zero-order chi connectivity index (χ0) is 23.3. The molecule has 0 unspecified atom stereocenters. The molecule has 0 aromatic heterocycles. The van der Waals surface area contributed by atoms with Gasteiger partial charge in [0.05, 0.1) is 5.41 Å². The van der Waals surface area contributed by atoms with E-state index < -0.39 is 0 Å². The topological polar surface area (TPSA) is 41.6 Å². The minimum absolute atomic E-state index is 0.201. The molecule has 1 atom stereocenters. The number of hydrogen-bond acceptors (Lipinski definition) is 3. The van der Waals surface area contributed by atoms with Crippen LogP contribution in [-0.2, 0) is 16.0 Å². The van der Waals surface area contributed by atoms with Crippen molar-refractivity contribution in [2.45, 2.75) is 65.3 Å². The molecule has 2 aliphatic heterocycles. The molecule has 4 heteroatoms. The van der Waals surface area contributed by atoms with E-state index in [2.05, 4.69) is 73.5 Å². The number of nitrogens with one attached hydrogen (secondary N) is 1. The largest absolute Gasteiger partial charge is 0.381 e. The van der Waals surface area contributed by atoms with E-state index in [4.69, 9.17) is 4.74 Å². The van der Waals surface area contributed by atoms with Crippen LogP contribution >= 0.6 is 0 Å². The van der Waals surface area contributed by atoms with Crippen molar-refractivity contribution in [1.29, 1.82) is 0 Å². The number of carbonyl (C=O) groups is 1. The Kier molecular flexibility index (Phi) is 7.87. The van der Waals surface area contributed by atoms with E-state index in [9.17, 15) is 4.79 Å². The molecule has 0 bridgehead atoms. The van der Waals surface area contributed by atoms with Gasteiger partial charge in [-0.3, -0.25) is 9.69 Å². The molecule has 2 aromatic rings. The van der Waals surface area contributed by atoms with Gasteiger partial charge in [0.1, 0.15) is 0 Å². The summed E-state index contributed by atoms with van der Waals surface area (Å²) in [4.78, 5) is 16.0. The maximum absolute atomic E-state index is 13.5. The van der Waals surface area contributed by atoms with Crippen LogP contribution in [0.5, 0.6) is 0 Å². The molecule has 0 radical (unpaired) electrons. The third kappa shape index (κ3) is 6.04. The first kappa shape index (κ1) is 24.0. The first-order valence-corrected chi connectivity index (χ1v) is 12.7. The van der Waals surface area contributed by atoms with Gasteiger partial charge in [0.15, 0.2) is 0 Å². The van der Waals surface area contributed by atoms with Crippen molar-refractivity contribution in [2.75, 3.05) is 32.8 Å². The normalized spacial score (nSPS) is 21.0. The number of hydrogen-bond donors (Lipinski definition) is 1. The molecule has 178 valence electrons. The minimum atomic E-state index is -0.382. The van der Waals surface area contributed by atoms with Gasteiger partial charge in [-0.05, 0) is 76.1 Å². The highest BCUT2D eigenvalue weighted by Gasteiger charge is 2.40. The van der Waals surface area contributed by atoms with Gasteiger partial charge in [-0.1, -0.05) is 60.0 Å². The van der Waals surface area contributed by atoms with E-state index in [0.717, 1.165) is 38.9 Å². The van der Waals surface area contributed by atoms with E-state index in [0.29, 0.717) is 19.3 Å². The highest BCUT2D eigenvalue weighted by molar-refractivity contribution is 5.83. The lowest BCUT2D eigenvalue weighted by atomic mass is 9.74. The van der Waals surface area contributed by atoms with Crippen LogP contribution in [0.2, 0.25) is 0 Å². The van der Waals surface area contributed by atoms with Gasteiger partial charge in [-0.25, -0.2) is 0 Å². The summed E-state index contributed by atoms with van der Waals surface area (Å²) in [7, 11) is 0. The Morgan fingerprint density at radius 2 is 1.82 bits per heavy atom. The van der Waals surface area contributed by atoms with Crippen LogP contribution < -0.4 is 5.32 Å². The summed E-state index contributed by atoms with van der Waals surface area (Å²) in [5.41, 5.74) is 5.87. The molecule has 0 aliphatic carbocycles. The number of likely N-dealkylation sites (tertiary alicyclic amines) is 1. The summed E-state index contributed by atoms with van der Waals surface area (Å²) in [6, 6.07) is 16.1. The first-order chi connectivity index (χ1) is 15.9. The van der Waals surface area contributed by atoms with Crippen LogP contribution in [0, 0.1) is 19.3 Å². The Hall–Kier alpha value is -2.17. The molecular formula is C29H40N2O2. The van der Waals surface area contributed by atoms with Gasteiger partial charge in [0.25, 0.3) is 0 Å². The Morgan fingerprint density at radius 1 is 1.06 bits per heavy atom. The zero-order valence-corrected chi connectivity index (χ0v) is 20.7. The van der Waals surface area contributed by atoms with Crippen molar-refractivity contribution in [3.8, 4) is 11.1 Å². The minimum Gasteiger partial charge on any atom is -0.381 e. The Balaban J connectivity index is 1.46. The SMILES string of the molecule is Cc1cc(C)cc(-c2cccc(CC3(C(=O)NCCN4CCCC[C@@H]4C)CCOCC3)c2)c1. The fraction of sp³-hybridized carbons (Fsp3) is 0.552. The highest BCUT2D eigenvalue weighted by atomic mass is 16.5. The average Bonchev–Trinajstić information content (AvgIpc) is 2.80. The fourth-order valence-electron chi connectivity index (χ4n) is 5.63. The standard InChI is InChI=1S/C29H40N2O2/c1-22-17-23(2)19-27(18-22)26-9-6-8-25(20-26)21-29(10-15-33-16-11-29)28(32)30-12-14-31-13-5-4-7-24(31)3/h6,8-9,17-20,24H,4-5,7,10-16,21H2,1-3H3,(H,30,32)/t24-/m0/s1. The second-order valence-electron chi connectivity index (χ2n) is 10.3. The Morgan fingerprint density at radius 3 is 2.55 bits per heavy atom. The van der Waals surface area contributed by atoms with Gasteiger partial charge in [0, 0.05) is 32.3 Å². The number of piperidine rings is 1. The van der Waals surface area contributed by atoms with Gasteiger partial charge in [-0.2, -0.15) is 0 Å². The van der Waals surface area contributed by atoms with E-state index in [-0.39, 0.29) is 11.3 Å². The van der Waals surface area contributed by atoms with Gasteiger partial charge in [0.2, 0.25) is 5.91 Å². The summed E-state index contributed by atoms with van der Waals surface area (Å²) < 4.78 is 5.66. The number of amides is 1. The third-order valence-corrected chi connectivity index (χ3v) is 7.58. The molecule has 2 saturated heterocycles. The Labute approximate surface area is 199 Å². The summed E-state index contributed by atoms with van der Waals surface area (Å²) >= 11 is 0. The van der Waals surface area contributed by atoms with Crippen molar-refractivity contribution >= 4 is 5.91 Å². The first-order valence-electron chi connectivity index (χ1n) is 12.7. The number of rotatable bonds is 7. The lowest BCUT2D eigenvalue weighted by molar-refractivity contribution is -0.136. The predicted molar refractivity (Wildman–Crippen MR) is 135 cm³/mol. The molecule has 1 N–H and O–H groups in total. The number of aryl methyl sites for hydroxylation is 2. The molecule has 2 aromatic carbocycles. The predicted octanol–water partition coefficient (Wildman–Crippen LogP) is 5.30. The van der Waals surface area contributed by atoms with Crippen molar-refractivity contribution in [3.05, 3.63) is 59.2 Å². The van der Waals surface area contributed by atoms with Crippen LogP contribution in [0.3, 0.4) is 0 Å². The number of ether oxygens (including phenoxy) is 1. The van der Waals surface area contributed by atoms with Crippen molar-refractivity contribution in [2.24, 2.45) is 5.41 Å². The summed E-state index contributed by atoms with van der Waals surface area (Å²) in [5.74, 6) is 0.201. The maximum atomic E-state index is 13.5. The van der Waals surface area contributed by atoms with Crippen molar-refractivity contribution in [3.63, 3.8) is 0 Å². The quantitative estimate of drug-likeness (QED) is 0.625. The average molecular weight is 449 g/mol. The molecular weight excluding hydrogens is 408 g/mol. The number of benzene rings is 2. The molecule has 4 nitrogen and oxygen atoms in total. The molecule has 0 spiro atoms. The third-order valence-electron chi connectivity index (χ3n) is 7.58. The van der Waals surface area contributed by atoms with Gasteiger partial charge < -0.3 is 10.1 Å². The molecule has 33 heavy (non-hydrogen) atoms. The highest BCUT2D eigenvalue weighted by Crippen LogP contribution is 2.36. The monoisotopic (exact) mass is 448 g/mol. The molecule has 0 saturated carbocycles. The van der Waals surface area contributed by atoms with Crippen molar-refractivity contribution in [1.82, 2.24) is 10.2 Å². The van der Waals surface area contributed by atoms with Gasteiger partial charge in [-0.15, -0.1) is 0 Å². The zero-order valence-electron chi connectivity index (χ0n) is 20.7. The van der Waals surface area contributed by atoms with Crippen LogP contribution in [-0.4, -0.2) is 49.7 Å². The summed E-state index contributed by atoms with van der Waals surface area (Å²) in [6.07, 6.45) is 6.21. The molecule has 2 heterocycles. The number of carbonyl (C=O) groups excluding carboxylic acids is 1. The molecule has 4 rings (SSSR count). The van der Waals surface area contributed by atoms with Crippen LogP contribution in [0.1, 0.15) is 55.7 Å².